The third kappa shape index (κ3) is 4.80. The van der Waals surface area contributed by atoms with Crippen LogP contribution >= 0.6 is 11.6 Å². The molecule has 1 N–H and O–H groups in total. The molecule has 188 valence electrons. The number of rotatable bonds is 5. The fraction of sp³-hybridized carbons (Fsp3) is 0.538. The lowest BCUT2D eigenvalue weighted by Gasteiger charge is -2.45. The van der Waals surface area contributed by atoms with Crippen LogP contribution < -0.4 is 4.72 Å². The maximum Gasteiger partial charge on any atom is 0.245 e. The van der Waals surface area contributed by atoms with Gasteiger partial charge in [-0.25, -0.2) is 8.42 Å². The zero-order valence-electron chi connectivity index (χ0n) is 20.0. The number of carbonyl (C=O) groups is 2. The molecule has 7 nitrogen and oxygen atoms in total. The molecule has 3 fully saturated rings. The summed E-state index contributed by atoms with van der Waals surface area (Å²) in [6.07, 6.45) is 7.12. The molecule has 3 unspecified atom stereocenters. The van der Waals surface area contributed by atoms with Gasteiger partial charge in [0, 0.05) is 24.2 Å². The number of hydrogen-bond donors (Lipinski definition) is 1. The van der Waals surface area contributed by atoms with Crippen LogP contribution in [-0.2, 0) is 19.6 Å². The molecular weight excluding hydrogens is 486 g/mol. The Bertz CT molecular complexity index is 1250. The lowest BCUT2D eigenvalue weighted by Crippen LogP contribution is -2.56. The molecule has 0 bridgehead atoms. The van der Waals surface area contributed by atoms with Gasteiger partial charge < -0.3 is 9.80 Å². The Morgan fingerprint density at radius 3 is 2.54 bits per heavy atom. The summed E-state index contributed by atoms with van der Waals surface area (Å²) in [5, 5.41) is 2.17. The molecule has 2 aromatic rings. The monoisotopic (exact) mass is 517 g/mol. The molecule has 4 atom stereocenters. The number of nitrogens with zero attached hydrogens (tertiary/aromatic N) is 2. The van der Waals surface area contributed by atoms with Crippen molar-refractivity contribution in [3.05, 3.63) is 41.4 Å². The fourth-order valence-electron chi connectivity index (χ4n) is 6.08. The van der Waals surface area contributed by atoms with Gasteiger partial charge in [0.05, 0.1) is 4.90 Å². The van der Waals surface area contributed by atoms with Crippen LogP contribution in [0.15, 0.2) is 41.3 Å². The van der Waals surface area contributed by atoms with Crippen LogP contribution in [-0.4, -0.2) is 61.2 Å². The highest BCUT2D eigenvalue weighted by molar-refractivity contribution is 7.89. The normalized spacial score (nSPS) is 26.1. The maximum atomic E-state index is 13.4. The molecule has 1 aliphatic carbocycles. The summed E-state index contributed by atoms with van der Waals surface area (Å²) < 4.78 is 28.7. The van der Waals surface area contributed by atoms with E-state index in [0.717, 1.165) is 36.6 Å². The average Bonchev–Trinajstić information content (AvgIpc) is 3.21. The summed E-state index contributed by atoms with van der Waals surface area (Å²) in [5.41, 5.74) is 0. The number of benzene rings is 2. The van der Waals surface area contributed by atoms with Gasteiger partial charge in [0.15, 0.2) is 0 Å². The molecule has 5 rings (SSSR count). The Kier molecular flexibility index (Phi) is 6.81. The molecule has 2 aromatic carbocycles. The van der Waals surface area contributed by atoms with Crippen LogP contribution in [0.4, 0.5) is 0 Å². The van der Waals surface area contributed by atoms with Crippen LogP contribution in [0.25, 0.3) is 10.8 Å². The SMILES string of the molecule is CC(C(=O)N1CCCC2CCCCC21)N1CC[C@H](NS(=O)(=O)c2ccc3cc(Cl)ccc3c2)C1=O. The van der Waals surface area contributed by atoms with Gasteiger partial charge in [-0.3, -0.25) is 9.59 Å². The van der Waals surface area contributed by atoms with Crippen molar-refractivity contribution in [2.75, 3.05) is 13.1 Å². The van der Waals surface area contributed by atoms with Crippen molar-refractivity contribution < 1.29 is 18.0 Å². The number of fused-ring (bicyclic) bond motifs is 2. The number of carbonyl (C=O) groups excluding carboxylic acids is 2. The highest BCUT2D eigenvalue weighted by Crippen LogP contribution is 2.36. The summed E-state index contributed by atoms with van der Waals surface area (Å²) in [7, 11) is -3.91. The molecule has 2 aliphatic heterocycles. The van der Waals surface area contributed by atoms with Crippen molar-refractivity contribution in [1.29, 1.82) is 0 Å². The van der Waals surface area contributed by atoms with E-state index in [0.29, 0.717) is 23.9 Å². The van der Waals surface area contributed by atoms with Crippen molar-refractivity contribution in [2.45, 2.75) is 74.9 Å². The molecule has 1 saturated carbocycles. The van der Waals surface area contributed by atoms with Gasteiger partial charge in [-0.1, -0.05) is 36.6 Å². The van der Waals surface area contributed by atoms with E-state index in [-0.39, 0.29) is 22.8 Å². The molecule has 0 aromatic heterocycles. The van der Waals surface area contributed by atoms with E-state index in [1.54, 1.807) is 42.2 Å². The summed E-state index contributed by atoms with van der Waals surface area (Å²) in [5.74, 6) is 0.228. The molecular formula is C26H32ClN3O4S. The highest BCUT2D eigenvalue weighted by atomic mass is 35.5. The van der Waals surface area contributed by atoms with Gasteiger partial charge >= 0.3 is 0 Å². The van der Waals surface area contributed by atoms with Crippen molar-refractivity contribution in [2.24, 2.45) is 5.92 Å². The first kappa shape index (κ1) is 24.5. The first-order chi connectivity index (χ1) is 16.7. The van der Waals surface area contributed by atoms with Crippen LogP contribution in [0.5, 0.6) is 0 Å². The van der Waals surface area contributed by atoms with E-state index in [2.05, 4.69) is 4.72 Å². The van der Waals surface area contributed by atoms with Crippen LogP contribution in [0.2, 0.25) is 5.02 Å². The molecule has 2 heterocycles. The number of nitrogens with one attached hydrogen (secondary N) is 1. The summed E-state index contributed by atoms with van der Waals surface area (Å²) in [6, 6.07) is 8.86. The number of halogens is 1. The number of hydrogen-bond acceptors (Lipinski definition) is 4. The smallest absolute Gasteiger partial charge is 0.245 e. The van der Waals surface area contributed by atoms with Gasteiger partial charge in [-0.15, -0.1) is 0 Å². The van der Waals surface area contributed by atoms with Gasteiger partial charge in [0.2, 0.25) is 21.8 Å². The third-order valence-corrected chi connectivity index (χ3v) is 9.68. The van der Waals surface area contributed by atoms with Crippen molar-refractivity contribution in [1.82, 2.24) is 14.5 Å². The molecule has 35 heavy (non-hydrogen) atoms. The maximum absolute atomic E-state index is 13.4. The van der Waals surface area contributed by atoms with E-state index < -0.39 is 22.1 Å². The average molecular weight is 518 g/mol. The van der Waals surface area contributed by atoms with Crippen LogP contribution in [0.1, 0.15) is 51.9 Å². The molecule has 2 saturated heterocycles. The third-order valence-electron chi connectivity index (χ3n) is 7.97. The first-order valence-electron chi connectivity index (χ1n) is 12.6. The Labute approximate surface area is 211 Å². The van der Waals surface area contributed by atoms with Gasteiger partial charge in [-0.05, 0) is 80.0 Å². The summed E-state index contributed by atoms with van der Waals surface area (Å²) in [4.78, 5) is 30.3. The van der Waals surface area contributed by atoms with Gasteiger partial charge in [-0.2, -0.15) is 4.72 Å². The van der Waals surface area contributed by atoms with Crippen molar-refractivity contribution >= 4 is 44.2 Å². The van der Waals surface area contributed by atoms with Gasteiger partial charge in [0.1, 0.15) is 12.1 Å². The summed E-state index contributed by atoms with van der Waals surface area (Å²) in [6.45, 7) is 2.88. The van der Waals surface area contributed by atoms with Crippen LogP contribution in [0, 0.1) is 5.92 Å². The number of piperidine rings is 1. The minimum absolute atomic E-state index is 0.00773. The Morgan fingerprint density at radius 1 is 1.00 bits per heavy atom. The molecule has 2 amide bonds. The number of amides is 2. The molecule has 0 radical (unpaired) electrons. The largest absolute Gasteiger partial charge is 0.338 e. The minimum Gasteiger partial charge on any atom is -0.338 e. The second-order valence-corrected chi connectivity index (χ2v) is 12.3. The lowest BCUT2D eigenvalue weighted by atomic mass is 9.78. The Morgan fingerprint density at radius 2 is 1.71 bits per heavy atom. The quantitative estimate of drug-likeness (QED) is 0.650. The first-order valence-corrected chi connectivity index (χ1v) is 14.4. The second-order valence-electron chi connectivity index (χ2n) is 10.1. The highest BCUT2D eigenvalue weighted by Gasteiger charge is 2.43. The predicted octanol–water partition coefficient (Wildman–Crippen LogP) is 3.94. The van der Waals surface area contributed by atoms with E-state index in [1.807, 2.05) is 4.90 Å². The Hall–Kier alpha value is -2.16. The Balaban J connectivity index is 1.27. The van der Waals surface area contributed by atoms with Gasteiger partial charge in [0.25, 0.3) is 0 Å². The second kappa shape index (κ2) is 9.71. The fourth-order valence-corrected chi connectivity index (χ4v) is 7.52. The zero-order chi connectivity index (χ0) is 24.7. The molecule has 3 aliphatic rings. The molecule has 9 heteroatoms. The predicted molar refractivity (Wildman–Crippen MR) is 136 cm³/mol. The molecule has 0 spiro atoms. The topological polar surface area (TPSA) is 86.8 Å². The number of sulfonamides is 1. The van der Waals surface area contributed by atoms with E-state index in [1.165, 1.54) is 25.3 Å². The number of likely N-dealkylation sites (tertiary alicyclic amines) is 2. The lowest BCUT2D eigenvalue weighted by molar-refractivity contribution is -0.147. The summed E-state index contributed by atoms with van der Waals surface area (Å²) >= 11 is 6.02. The minimum atomic E-state index is -3.91. The zero-order valence-corrected chi connectivity index (χ0v) is 21.5. The van der Waals surface area contributed by atoms with E-state index >= 15 is 0 Å². The van der Waals surface area contributed by atoms with E-state index in [9.17, 15) is 18.0 Å². The van der Waals surface area contributed by atoms with E-state index in [4.69, 9.17) is 11.6 Å². The standard InChI is InChI=1S/C26H32ClN3O4S/c1-17(25(31)30-13-4-6-18-5-2-3-7-24(18)30)29-14-12-23(26(29)32)28-35(33,34)22-11-9-19-15-21(27)10-8-20(19)16-22/h8-11,15-18,23-24,28H,2-7,12-14H2,1H3/t17?,18?,23-,24?/m0/s1. The van der Waals surface area contributed by atoms with Crippen molar-refractivity contribution in [3.8, 4) is 0 Å². The van der Waals surface area contributed by atoms with Crippen LogP contribution in [0.3, 0.4) is 0 Å². The van der Waals surface area contributed by atoms with Crippen molar-refractivity contribution in [3.63, 3.8) is 0 Å².